The molecule has 108 valence electrons. The molecule has 1 saturated heterocycles. The van der Waals surface area contributed by atoms with Crippen LogP contribution in [0.4, 0.5) is 0 Å². The van der Waals surface area contributed by atoms with Gasteiger partial charge in [-0.2, -0.15) is 5.10 Å². The minimum Gasteiger partial charge on any atom is -0.383 e. The van der Waals surface area contributed by atoms with Crippen molar-refractivity contribution in [2.45, 2.75) is 51.5 Å². The first-order chi connectivity index (χ1) is 9.09. The lowest BCUT2D eigenvalue weighted by Gasteiger charge is -2.18. The normalized spacial score (nSPS) is 21.9. The molecule has 6 heteroatoms. The van der Waals surface area contributed by atoms with Gasteiger partial charge in [-0.25, -0.2) is 4.98 Å². The molecule has 1 aromatic rings. The molecule has 1 aromatic heterocycles. The highest BCUT2D eigenvalue weighted by Gasteiger charge is 2.31. The molecule has 19 heavy (non-hydrogen) atoms. The average Bonchev–Trinajstić information content (AvgIpc) is 2.92. The van der Waals surface area contributed by atoms with Crippen molar-refractivity contribution in [2.24, 2.45) is 0 Å². The van der Waals surface area contributed by atoms with Crippen molar-refractivity contribution < 1.29 is 9.47 Å². The van der Waals surface area contributed by atoms with Crippen LogP contribution in [-0.4, -0.2) is 46.7 Å². The van der Waals surface area contributed by atoms with Crippen molar-refractivity contribution in [3.8, 4) is 0 Å². The van der Waals surface area contributed by atoms with Gasteiger partial charge in [0.05, 0.1) is 31.4 Å². The zero-order valence-electron chi connectivity index (χ0n) is 12.1. The van der Waals surface area contributed by atoms with Gasteiger partial charge in [0, 0.05) is 13.7 Å². The number of aromatic nitrogens is 3. The lowest BCUT2D eigenvalue weighted by Crippen LogP contribution is -2.23. The van der Waals surface area contributed by atoms with Gasteiger partial charge in [-0.05, 0) is 26.7 Å². The van der Waals surface area contributed by atoms with Gasteiger partial charge in [-0.3, -0.25) is 4.68 Å². The maximum absolute atomic E-state index is 5.95. The Labute approximate surface area is 114 Å². The molecule has 1 aliphatic rings. The molecule has 1 aliphatic heterocycles. The molecular weight excluding hydrogens is 244 g/mol. The van der Waals surface area contributed by atoms with Gasteiger partial charge >= 0.3 is 0 Å². The Hall–Kier alpha value is -0.980. The highest BCUT2D eigenvalue weighted by atomic mass is 16.5. The van der Waals surface area contributed by atoms with Crippen LogP contribution in [-0.2, 0) is 22.6 Å². The van der Waals surface area contributed by atoms with E-state index in [9.17, 15) is 0 Å². The van der Waals surface area contributed by atoms with Crippen LogP contribution < -0.4 is 5.32 Å². The number of hydrogen-bond donors (Lipinski definition) is 1. The summed E-state index contributed by atoms with van der Waals surface area (Å²) in [4.78, 5) is 4.29. The van der Waals surface area contributed by atoms with Gasteiger partial charge in [0.2, 0.25) is 0 Å². The second kappa shape index (κ2) is 6.45. The van der Waals surface area contributed by atoms with E-state index in [0.29, 0.717) is 13.2 Å². The van der Waals surface area contributed by atoms with Crippen LogP contribution >= 0.6 is 0 Å². The Kier molecular flexibility index (Phi) is 4.90. The summed E-state index contributed by atoms with van der Waals surface area (Å²) in [5, 5.41) is 7.67. The van der Waals surface area contributed by atoms with Gasteiger partial charge in [0.25, 0.3) is 0 Å². The molecule has 2 rings (SSSR count). The van der Waals surface area contributed by atoms with E-state index >= 15 is 0 Å². The number of rotatable bonds is 7. The first kappa shape index (κ1) is 14.4. The zero-order valence-corrected chi connectivity index (χ0v) is 12.1. The maximum Gasteiger partial charge on any atom is 0.164 e. The number of ether oxygens (including phenoxy) is 2. The van der Waals surface area contributed by atoms with Gasteiger partial charge in [-0.15, -0.1) is 0 Å². The van der Waals surface area contributed by atoms with Crippen LogP contribution in [0.2, 0.25) is 0 Å². The molecule has 0 saturated carbocycles. The summed E-state index contributed by atoms with van der Waals surface area (Å²) in [6.45, 7) is 7.25. The molecule has 0 aromatic carbocycles. The third-order valence-corrected chi connectivity index (χ3v) is 3.29. The number of nitrogens with one attached hydrogen (secondary N) is 1. The van der Waals surface area contributed by atoms with Crippen molar-refractivity contribution in [1.82, 2.24) is 20.1 Å². The van der Waals surface area contributed by atoms with E-state index < -0.39 is 0 Å². The molecule has 0 radical (unpaired) electrons. The fourth-order valence-corrected chi connectivity index (χ4v) is 2.29. The monoisotopic (exact) mass is 268 g/mol. The molecule has 1 fully saturated rings. The van der Waals surface area contributed by atoms with Crippen molar-refractivity contribution >= 4 is 0 Å². The lowest BCUT2D eigenvalue weighted by atomic mass is 10.1. The summed E-state index contributed by atoms with van der Waals surface area (Å²) in [5.74, 6) is 0.813. The number of hydrogen-bond acceptors (Lipinski definition) is 5. The lowest BCUT2D eigenvalue weighted by molar-refractivity contribution is -0.0230. The number of methoxy groups -OCH3 is 1. The standard InChI is InChI=1S/C13H24N4O2/c1-13(2)5-4-11(19-13)9-17-10-15-12(16-17)8-14-6-7-18-3/h10-11,14H,4-9H2,1-3H3. The largest absolute Gasteiger partial charge is 0.383 e. The first-order valence-electron chi connectivity index (χ1n) is 6.85. The average molecular weight is 268 g/mol. The van der Waals surface area contributed by atoms with E-state index in [4.69, 9.17) is 9.47 Å². The zero-order chi connectivity index (χ0) is 13.7. The van der Waals surface area contributed by atoms with Gasteiger partial charge in [0.1, 0.15) is 6.33 Å². The van der Waals surface area contributed by atoms with E-state index in [0.717, 1.165) is 31.8 Å². The topological polar surface area (TPSA) is 61.2 Å². The van der Waals surface area contributed by atoms with E-state index in [1.165, 1.54) is 0 Å². The SMILES string of the molecule is COCCNCc1ncn(CC2CCC(C)(C)O2)n1. The third-order valence-electron chi connectivity index (χ3n) is 3.29. The summed E-state index contributed by atoms with van der Waals surface area (Å²) in [6, 6.07) is 0. The number of nitrogens with zero attached hydrogens (tertiary/aromatic N) is 3. The van der Waals surface area contributed by atoms with E-state index in [1.54, 1.807) is 13.4 Å². The molecule has 1 atom stereocenters. The van der Waals surface area contributed by atoms with Crippen molar-refractivity contribution in [2.75, 3.05) is 20.3 Å². The predicted molar refractivity (Wildman–Crippen MR) is 71.8 cm³/mol. The maximum atomic E-state index is 5.95. The van der Waals surface area contributed by atoms with Crippen LogP contribution in [0.25, 0.3) is 0 Å². The Morgan fingerprint density at radius 3 is 3.11 bits per heavy atom. The van der Waals surface area contributed by atoms with Crippen LogP contribution in [0.15, 0.2) is 6.33 Å². The second-order valence-electron chi connectivity index (χ2n) is 5.59. The summed E-state index contributed by atoms with van der Waals surface area (Å²) in [7, 11) is 1.69. The van der Waals surface area contributed by atoms with Gasteiger partial charge in [0.15, 0.2) is 5.82 Å². The Morgan fingerprint density at radius 1 is 1.58 bits per heavy atom. The van der Waals surface area contributed by atoms with Crippen molar-refractivity contribution in [3.63, 3.8) is 0 Å². The molecule has 1 N–H and O–H groups in total. The van der Waals surface area contributed by atoms with E-state index in [1.807, 2.05) is 4.68 Å². The Balaban J connectivity index is 1.75. The predicted octanol–water partition coefficient (Wildman–Crippen LogP) is 0.972. The summed E-state index contributed by atoms with van der Waals surface area (Å²) in [5.41, 5.74) is 0.00971. The minimum absolute atomic E-state index is 0.00971. The van der Waals surface area contributed by atoms with Gasteiger partial charge in [-0.1, -0.05) is 0 Å². The van der Waals surface area contributed by atoms with Gasteiger partial charge < -0.3 is 14.8 Å². The molecule has 0 aliphatic carbocycles. The van der Waals surface area contributed by atoms with Crippen molar-refractivity contribution in [1.29, 1.82) is 0 Å². The Bertz CT molecular complexity index is 392. The summed E-state index contributed by atoms with van der Waals surface area (Å²) >= 11 is 0. The highest BCUT2D eigenvalue weighted by molar-refractivity contribution is 4.84. The molecule has 0 bridgehead atoms. The highest BCUT2D eigenvalue weighted by Crippen LogP contribution is 2.29. The van der Waals surface area contributed by atoms with Crippen LogP contribution in [0.5, 0.6) is 0 Å². The fourth-order valence-electron chi connectivity index (χ4n) is 2.29. The fraction of sp³-hybridized carbons (Fsp3) is 0.846. The summed E-state index contributed by atoms with van der Waals surface area (Å²) < 4.78 is 12.8. The van der Waals surface area contributed by atoms with Crippen LogP contribution in [0.3, 0.4) is 0 Å². The van der Waals surface area contributed by atoms with E-state index in [-0.39, 0.29) is 11.7 Å². The Morgan fingerprint density at radius 2 is 2.42 bits per heavy atom. The van der Waals surface area contributed by atoms with E-state index in [2.05, 4.69) is 29.2 Å². The van der Waals surface area contributed by atoms with Crippen molar-refractivity contribution in [3.05, 3.63) is 12.2 Å². The molecule has 0 spiro atoms. The molecule has 0 amide bonds. The van der Waals surface area contributed by atoms with Crippen LogP contribution in [0.1, 0.15) is 32.5 Å². The second-order valence-corrected chi connectivity index (χ2v) is 5.59. The first-order valence-corrected chi connectivity index (χ1v) is 6.85. The molecule has 1 unspecified atom stereocenters. The third kappa shape index (κ3) is 4.56. The molecular formula is C13H24N4O2. The summed E-state index contributed by atoms with van der Waals surface area (Å²) in [6.07, 6.45) is 4.24. The molecule has 6 nitrogen and oxygen atoms in total. The quantitative estimate of drug-likeness (QED) is 0.747. The minimum atomic E-state index is 0.00971. The molecule has 2 heterocycles. The smallest absolute Gasteiger partial charge is 0.164 e. The van der Waals surface area contributed by atoms with Crippen LogP contribution in [0, 0.1) is 0 Å².